The van der Waals surface area contributed by atoms with Crippen molar-refractivity contribution < 1.29 is 14.6 Å². The Balaban J connectivity index is 1.72. The Morgan fingerprint density at radius 2 is 2.03 bits per heavy atom. The summed E-state index contributed by atoms with van der Waals surface area (Å²) >= 11 is 9.29. The molecule has 0 aliphatic carbocycles. The molecule has 0 saturated heterocycles. The molecule has 0 fully saturated rings. The van der Waals surface area contributed by atoms with Crippen LogP contribution in [0.2, 0.25) is 5.02 Å². The molecule has 0 unspecified atom stereocenters. The maximum Gasteiger partial charge on any atom is 0.339 e. The smallest absolute Gasteiger partial charge is 0.339 e. The highest BCUT2D eigenvalue weighted by atomic mass is 35.5. The summed E-state index contributed by atoms with van der Waals surface area (Å²) < 4.78 is 5.25. The zero-order chi connectivity index (χ0) is 22.8. The average molecular weight is 486 g/mol. The number of pyridine rings is 1. The van der Waals surface area contributed by atoms with Crippen molar-refractivity contribution in [3.8, 4) is 26.6 Å². The van der Waals surface area contributed by atoms with Gasteiger partial charge in [0, 0.05) is 16.6 Å². The monoisotopic (exact) mass is 485 g/mol. The molecule has 3 aromatic heterocycles. The Kier molecular flexibility index (Phi) is 6.45. The average Bonchev–Trinajstić information content (AvgIpc) is 3.44. The number of anilines is 2. The standard InChI is InChI=1S/C23H20ClN3O3S2/c1-12(2)19-20(13-6-7-17(30-3)16(24)10-13)32-23(26-19)27-21-15(22(28)29)9-14(11-25-21)18-5-4-8-31-18/h4-12H,1-3H3,(H,28,29)(H,25,26,27). The molecule has 1 aromatic carbocycles. The van der Waals surface area contributed by atoms with Gasteiger partial charge in [0.2, 0.25) is 0 Å². The number of aromatic nitrogens is 2. The number of carboxylic acid groups (broad SMARTS) is 1. The van der Waals surface area contributed by atoms with Gasteiger partial charge in [-0.25, -0.2) is 14.8 Å². The molecule has 0 amide bonds. The second-order valence-corrected chi connectivity index (χ2v) is 9.62. The van der Waals surface area contributed by atoms with Gasteiger partial charge in [-0.15, -0.1) is 11.3 Å². The molecule has 3 heterocycles. The van der Waals surface area contributed by atoms with E-state index in [9.17, 15) is 9.90 Å². The van der Waals surface area contributed by atoms with Crippen LogP contribution >= 0.6 is 34.3 Å². The first-order chi connectivity index (χ1) is 15.4. The van der Waals surface area contributed by atoms with Gasteiger partial charge >= 0.3 is 5.97 Å². The fourth-order valence-corrected chi connectivity index (χ4v) is 5.28. The summed E-state index contributed by atoms with van der Waals surface area (Å²) in [6, 6.07) is 11.1. The van der Waals surface area contributed by atoms with Crippen molar-refractivity contribution in [2.45, 2.75) is 19.8 Å². The van der Waals surface area contributed by atoms with E-state index in [2.05, 4.69) is 24.1 Å². The Hall–Kier alpha value is -2.94. The van der Waals surface area contributed by atoms with Gasteiger partial charge in [-0.3, -0.25) is 0 Å². The molecule has 0 atom stereocenters. The van der Waals surface area contributed by atoms with Crippen LogP contribution in [0.5, 0.6) is 5.75 Å². The largest absolute Gasteiger partial charge is 0.495 e. The minimum absolute atomic E-state index is 0.0891. The molecule has 0 aliphatic heterocycles. The van der Waals surface area contributed by atoms with Crippen LogP contribution in [0.1, 0.15) is 35.8 Å². The highest BCUT2D eigenvalue weighted by molar-refractivity contribution is 7.19. The number of thiazole rings is 1. The third-order valence-corrected chi connectivity index (χ3v) is 7.01. The predicted octanol–water partition coefficient (Wildman–Crippen LogP) is 7.16. The molecule has 0 radical (unpaired) electrons. The topological polar surface area (TPSA) is 84.3 Å². The molecule has 4 aromatic rings. The first-order valence-electron chi connectivity index (χ1n) is 9.76. The van der Waals surface area contributed by atoms with Gasteiger partial charge in [-0.1, -0.05) is 42.9 Å². The number of carboxylic acids is 1. The zero-order valence-corrected chi connectivity index (χ0v) is 19.9. The molecule has 0 saturated carbocycles. The lowest BCUT2D eigenvalue weighted by molar-refractivity contribution is 0.0697. The van der Waals surface area contributed by atoms with Crippen LogP contribution < -0.4 is 10.1 Å². The molecule has 4 rings (SSSR count). The minimum Gasteiger partial charge on any atom is -0.495 e. The van der Waals surface area contributed by atoms with E-state index < -0.39 is 5.97 Å². The van der Waals surface area contributed by atoms with Crippen LogP contribution in [-0.4, -0.2) is 28.2 Å². The van der Waals surface area contributed by atoms with Crippen molar-refractivity contribution in [3.63, 3.8) is 0 Å². The van der Waals surface area contributed by atoms with E-state index in [1.54, 1.807) is 19.4 Å². The van der Waals surface area contributed by atoms with Crippen molar-refractivity contribution in [2.24, 2.45) is 0 Å². The number of carbonyl (C=O) groups is 1. The molecular weight excluding hydrogens is 466 g/mol. The van der Waals surface area contributed by atoms with Crippen LogP contribution in [0, 0.1) is 0 Å². The van der Waals surface area contributed by atoms with Crippen molar-refractivity contribution >= 4 is 51.2 Å². The Morgan fingerprint density at radius 3 is 2.66 bits per heavy atom. The van der Waals surface area contributed by atoms with Gasteiger partial charge in [0.15, 0.2) is 5.13 Å². The third-order valence-electron chi connectivity index (χ3n) is 4.76. The van der Waals surface area contributed by atoms with Gasteiger partial charge in [-0.05, 0) is 47.2 Å². The summed E-state index contributed by atoms with van der Waals surface area (Å²) in [5.41, 5.74) is 2.67. The highest BCUT2D eigenvalue weighted by Crippen LogP contribution is 2.40. The van der Waals surface area contributed by atoms with Gasteiger partial charge in [-0.2, -0.15) is 0 Å². The van der Waals surface area contributed by atoms with E-state index in [0.29, 0.717) is 15.9 Å². The maximum absolute atomic E-state index is 11.9. The number of hydrogen-bond acceptors (Lipinski definition) is 7. The van der Waals surface area contributed by atoms with Gasteiger partial charge < -0.3 is 15.2 Å². The maximum atomic E-state index is 11.9. The van der Waals surface area contributed by atoms with Gasteiger partial charge in [0.1, 0.15) is 17.1 Å². The molecule has 9 heteroatoms. The molecule has 0 spiro atoms. The zero-order valence-electron chi connectivity index (χ0n) is 17.5. The van der Waals surface area contributed by atoms with E-state index >= 15 is 0 Å². The van der Waals surface area contributed by atoms with E-state index in [-0.39, 0.29) is 17.3 Å². The number of nitrogens with zero attached hydrogens (tertiary/aromatic N) is 2. The number of halogens is 1. The summed E-state index contributed by atoms with van der Waals surface area (Å²) in [4.78, 5) is 22.9. The van der Waals surface area contributed by atoms with Crippen LogP contribution in [0.25, 0.3) is 20.9 Å². The van der Waals surface area contributed by atoms with Crippen LogP contribution in [-0.2, 0) is 0 Å². The molecule has 32 heavy (non-hydrogen) atoms. The van der Waals surface area contributed by atoms with E-state index in [1.165, 1.54) is 22.7 Å². The summed E-state index contributed by atoms with van der Waals surface area (Å²) in [6.07, 6.45) is 1.67. The fourth-order valence-electron chi connectivity index (χ4n) is 3.20. The number of nitrogens with one attached hydrogen (secondary N) is 1. The quantitative estimate of drug-likeness (QED) is 0.289. The number of aromatic carboxylic acids is 1. The van der Waals surface area contributed by atoms with Crippen LogP contribution in [0.3, 0.4) is 0 Å². The molecule has 164 valence electrons. The second kappa shape index (κ2) is 9.28. The lowest BCUT2D eigenvalue weighted by Crippen LogP contribution is -2.05. The summed E-state index contributed by atoms with van der Waals surface area (Å²) in [6.45, 7) is 4.12. The normalized spacial score (nSPS) is 11.0. The lowest BCUT2D eigenvalue weighted by atomic mass is 10.1. The number of ether oxygens (including phenoxy) is 1. The number of methoxy groups -OCH3 is 1. The van der Waals surface area contributed by atoms with E-state index in [0.717, 1.165) is 26.6 Å². The van der Waals surface area contributed by atoms with Crippen molar-refractivity contribution in [3.05, 3.63) is 64.3 Å². The summed E-state index contributed by atoms with van der Waals surface area (Å²) in [5.74, 6) is -0.0429. The molecule has 6 nitrogen and oxygen atoms in total. The minimum atomic E-state index is -1.05. The first kappa shape index (κ1) is 22.3. The molecule has 2 N–H and O–H groups in total. The van der Waals surface area contributed by atoms with Crippen LogP contribution in [0.4, 0.5) is 10.9 Å². The molecule has 0 bridgehead atoms. The van der Waals surface area contributed by atoms with Gasteiger partial charge in [0.25, 0.3) is 0 Å². The number of thiophene rings is 1. The Bertz CT molecular complexity index is 1270. The lowest BCUT2D eigenvalue weighted by Gasteiger charge is -2.08. The van der Waals surface area contributed by atoms with Crippen molar-refractivity contribution in [1.82, 2.24) is 9.97 Å². The van der Waals surface area contributed by atoms with E-state index in [4.69, 9.17) is 21.3 Å². The third kappa shape index (κ3) is 4.48. The molecule has 0 aliphatic rings. The number of benzene rings is 1. The molecular formula is C23H20ClN3O3S2. The highest BCUT2D eigenvalue weighted by Gasteiger charge is 2.20. The summed E-state index contributed by atoms with van der Waals surface area (Å²) in [7, 11) is 1.58. The first-order valence-corrected chi connectivity index (χ1v) is 11.8. The van der Waals surface area contributed by atoms with Crippen molar-refractivity contribution in [1.29, 1.82) is 0 Å². The second-order valence-electron chi connectivity index (χ2n) is 7.27. The van der Waals surface area contributed by atoms with Crippen LogP contribution in [0.15, 0.2) is 48.0 Å². The SMILES string of the molecule is COc1ccc(-c2sc(Nc3ncc(-c4cccs4)cc3C(=O)O)nc2C(C)C)cc1Cl. The number of hydrogen-bond donors (Lipinski definition) is 2. The van der Waals surface area contributed by atoms with Gasteiger partial charge in [0.05, 0.1) is 22.7 Å². The Labute approximate surface area is 198 Å². The summed E-state index contributed by atoms with van der Waals surface area (Å²) in [5, 5.41) is 15.9. The predicted molar refractivity (Wildman–Crippen MR) is 131 cm³/mol. The number of rotatable bonds is 7. The van der Waals surface area contributed by atoms with Crippen molar-refractivity contribution in [2.75, 3.05) is 12.4 Å². The fraction of sp³-hybridized carbons (Fsp3) is 0.174. The Morgan fingerprint density at radius 1 is 1.22 bits per heavy atom. The van der Waals surface area contributed by atoms with E-state index in [1.807, 2.05) is 35.7 Å².